The summed E-state index contributed by atoms with van der Waals surface area (Å²) in [7, 11) is 0. The highest BCUT2D eigenvalue weighted by atomic mass is 19.1. The number of carbonyl (C=O) groups is 2. The van der Waals surface area contributed by atoms with Crippen molar-refractivity contribution in [2.24, 2.45) is 35.5 Å². The SMILES string of the molecule is O=C1[C@@H]2[C@H]3C=C[C@H]([C@H]4C[C@H]34)[C@@H]2C(=O)N1c1ccc(F)cc1. The highest BCUT2D eigenvalue weighted by Gasteiger charge is 2.67. The summed E-state index contributed by atoms with van der Waals surface area (Å²) in [5.74, 6) is 0.722. The maximum absolute atomic E-state index is 13.1. The molecule has 3 nitrogen and oxygen atoms in total. The van der Waals surface area contributed by atoms with Crippen molar-refractivity contribution in [2.45, 2.75) is 6.42 Å². The largest absolute Gasteiger partial charge is 0.274 e. The molecule has 4 aliphatic carbocycles. The fourth-order valence-electron chi connectivity index (χ4n) is 4.80. The van der Waals surface area contributed by atoms with Crippen molar-refractivity contribution in [1.82, 2.24) is 0 Å². The van der Waals surface area contributed by atoms with Crippen molar-refractivity contribution in [1.29, 1.82) is 0 Å². The molecule has 2 saturated carbocycles. The van der Waals surface area contributed by atoms with Gasteiger partial charge < -0.3 is 0 Å². The van der Waals surface area contributed by atoms with E-state index in [0.717, 1.165) is 6.42 Å². The van der Waals surface area contributed by atoms with Crippen LogP contribution in [0, 0.1) is 41.3 Å². The highest BCUT2D eigenvalue weighted by molar-refractivity contribution is 6.22. The minimum atomic E-state index is -0.363. The number of rotatable bonds is 1. The molecule has 0 N–H and O–H groups in total. The lowest BCUT2D eigenvalue weighted by Crippen LogP contribution is -2.40. The Kier molecular flexibility index (Phi) is 2.01. The Bertz CT molecular complexity index is 659. The fraction of sp³-hybridized carbons (Fsp3) is 0.412. The number of nitrogens with zero attached hydrogens (tertiary/aromatic N) is 1. The Morgan fingerprint density at radius 3 is 1.95 bits per heavy atom. The van der Waals surface area contributed by atoms with Gasteiger partial charge in [-0.1, -0.05) is 12.2 Å². The van der Waals surface area contributed by atoms with Crippen LogP contribution >= 0.6 is 0 Å². The van der Waals surface area contributed by atoms with E-state index < -0.39 is 0 Å². The number of anilines is 1. The van der Waals surface area contributed by atoms with Crippen LogP contribution in [0.25, 0.3) is 0 Å². The molecule has 4 heteroatoms. The van der Waals surface area contributed by atoms with Crippen LogP contribution in [0.5, 0.6) is 0 Å². The first-order valence-electron chi connectivity index (χ1n) is 7.48. The molecule has 0 radical (unpaired) electrons. The van der Waals surface area contributed by atoms with Gasteiger partial charge in [0.2, 0.25) is 11.8 Å². The summed E-state index contributed by atoms with van der Waals surface area (Å²) in [6.07, 6.45) is 5.46. The summed E-state index contributed by atoms with van der Waals surface area (Å²) in [6, 6.07) is 5.61. The molecule has 0 unspecified atom stereocenters. The molecule has 5 aliphatic rings. The molecular weight excluding hydrogens is 269 g/mol. The van der Waals surface area contributed by atoms with E-state index in [0.29, 0.717) is 17.5 Å². The molecule has 21 heavy (non-hydrogen) atoms. The van der Waals surface area contributed by atoms with E-state index in [2.05, 4.69) is 12.2 Å². The number of carbonyl (C=O) groups excluding carboxylic acids is 2. The second-order valence-corrected chi connectivity index (χ2v) is 6.64. The molecule has 1 aromatic rings. The minimum absolute atomic E-state index is 0.0960. The number of halogens is 1. The number of hydrogen-bond donors (Lipinski definition) is 0. The summed E-state index contributed by atoms with van der Waals surface area (Å²) in [5, 5.41) is 0. The average molecular weight is 283 g/mol. The van der Waals surface area contributed by atoms with E-state index in [9.17, 15) is 14.0 Å². The zero-order valence-electron chi connectivity index (χ0n) is 11.3. The molecule has 6 atom stereocenters. The van der Waals surface area contributed by atoms with Crippen LogP contribution < -0.4 is 4.90 Å². The molecule has 106 valence electrons. The monoisotopic (exact) mass is 283 g/mol. The summed E-state index contributed by atoms with van der Waals surface area (Å²) in [6.45, 7) is 0. The van der Waals surface area contributed by atoms with Crippen molar-refractivity contribution in [3.05, 3.63) is 42.2 Å². The molecule has 0 spiro atoms. The van der Waals surface area contributed by atoms with E-state index in [1.807, 2.05) is 0 Å². The Morgan fingerprint density at radius 1 is 0.905 bits per heavy atom. The first-order chi connectivity index (χ1) is 10.2. The molecule has 6 rings (SSSR count). The number of imide groups is 1. The van der Waals surface area contributed by atoms with Gasteiger partial charge in [-0.3, -0.25) is 14.5 Å². The summed E-state index contributed by atoms with van der Waals surface area (Å²) >= 11 is 0. The van der Waals surface area contributed by atoms with Crippen molar-refractivity contribution in [3.63, 3.8) is 0 Å². The van der Waals surface area contributed by atoms with Gasteiger partial charge in [-0.2, -0.15) is 0 Å². The van der Waals surface area contributed by atoms with Gasteiger partial charge in [-0.15, -0.1) is 0 Å². The van der Waals surface area contributed by atoms with E-state index in [1.165, 1.54) is 29.2 Å². The van der Waals surface area contributed by atoms with Crippen molar-refractivity contribution < 1.29 is 14.0 Å². The number of amides is 2. The third-order valence-corrected chi connectivity index (χ3v) is 5.75. The molecule has 1 heterocycles. The van der Waals surface area contributed by atoms with E-state index >= 15 is 0 Å². The molecule has 1 saturated heterocycles. The van der Waals surface area contributed by atoms with Gasteiger partial charge in [-0.25, -0.2) is 4.39 Å². The lowest BCUT2D eigenvalue weighted by Gasteiger charge is -2.37. The first-order valence-corrected chi connectivity index (χ1v) is 7.48. The van der Waals surface area contributed by atoms with Gasteiger partial charge in [0.25, 0.3) is 0 Å². The second kappa shape index (κ2) is 3.62. The molecule has 1 aromatic carbocycles. The van der Waals surface area contributed by atoms with Crippen molar-refractivity contribution >= 4 is 17.5 Å². The Balaban J connectivity index is 1.58. The van der Waals surface area contributed by atoms with E-state index in [-0.39, 0.29) is 41.3 Å². The fourth-order valence-corrected chi connectivity index (χ4v) is 4.80. The van der Waals surface area contributed by atoms with Gasteiger partial charge in [0, 0.05) is 0 Å². The molecule has 2 bridgehead atoms. The van der Waals surface area contributed by atoms with Crippen molar-refractivity contribution in [2.75, 3.05) is 4.90 Å². The minimum Gasteiger partial charge on any atom is -0.274 e. The maximum atomic E-state index is 13.1. The van der Waals surface area contributed by atoms with Crippen LogP contribution in [-0.2, 0) is 9.59 Å². The van der Waals surface area contributed by atoms with Gasteiger partial charge in [-0.05, 0) is 54.4 Å². The van der Waals surface area contributed by atoms with Crippen LogP contribution in [0.15, 0.2) is 36.4 Å². The van der Waals surface area contributed by atoms with Crippen molar-refractivity contribution in [3.8, 4) is 0 Å². The molecule has 3 fully saturated rings. The van der Waals surface area contributed by atoms with E-state index in [4.69, 9.17) is 0 Å². The van der Waals surface area contributed by atoms with Gasteiger partial charge in [0.05, 0.1) is 17.5 Å². The van der Waals surface area contributed by atoms with Crippen LogP contribution in [0.4, 0.5) is 10.1 Å². The predicted molar refractivity (Wildman–Crippen MR) is 73.6 cm³/mol. The van der Waals surface area contributed by atoms with Crippen LogP contribution in [-0.4, -0.2) is 11.8 Å². The summed E-state index contributed by atoms with van der Waals surface area (Å²) < 4.78 is 13.1. The lowest BCUT2D eigenvalue weighted by atomic mass is 9.63. The molecule has 2 amide bonds. The highest BCUT2D eigenvalue weighted by Crippen LogP contribution is 2.65. The molecule has 0 aromatic heterocycles. The van der Waals surface area contributed by atoms with Crippen LogP contribution in [0.3, 0.4) is 0 Å². The zero-order valence-corrected chi connectivity index (χ0v) is 11.3. The first kappa shape index (κ1) is 11.7. The summed E-state index contributed by atoms with van der Waals surface area (Å²) in [5.41, 5.74) is 0.494. The number of allylic oxidation sites excluding steroid dienone is 2. The third kappa shape index (κ3) is 1.33. The maximum Gasteiger partial charge on any atom is 0.238 e. The van der Waals surface area contributed by atoms with Gasteiger partial charge in [0.1, 0.15) is 5.82 Å². The topological polar surface area (TPSA) is 37.4 Å². The Labute approximate surface area is 121 Å². The predicted octanol–water partition coefficient (Wildman–Crippen LogP) is 2.38. The molecule has 1 aliphatic heterocycles. The van der Waals surface area contributed by atoms with Crippen LogP contribution in [0.2, 0.25) is 0 Å². The smallest absolute Gasteiger partial charge is 0.238 e. The average Bonchev–Trinajstić information content (AvgIpc) is 3.26. The standard InChI is InChI=1S/C17H14FNO2/c18-8-1-3-9(4-2-8)19-16(20)14-10-5-6-11(13-7-12(10)13)15(14)17(19)21/h1-6,10-15H,7H2/t10-,11+,12-,13-,14+,15-/m1/s1. The van der Waals surface area contributed by atoms with Gasteiger partial charge >= 0.3 is 0 Å². The normalized spacial score (nSPS) is 42.2. The number of hydrogen-bond acceptors (Lipinski definition) is 2. The lowest BCUT2D eigenvalue weighted by molar-refractivity contribution is -0.124. The summed E-state index contributed by atoms with van der Waals surface area (Å²) in [4.78, 5) is 26.8. The third-order valence-electron chi connectivity index (χ3n) is 5.75. The van der Waals surface area contributed by atoms with Gasteiger partial charge in [0.15, 0.2) is 0 Å². The zero-order chi connectivity index (χ0) is 14.3. The Morgan fingerprint density at radius 2 is 1.43 bits per heavy atom. The second-order valence-electron chi connectivity index (χ2n) is 6.64. The molecular formula is C17H14FNO2. The number of benzene rings is 1. The quantitative estimate of drug-likeness (QED) is 0.586. The Hall–Kier alpha value is -1.97. The van der Waals surface area contributed by atoms with E-state index in [1.54, 1.807) is 0 Å². The van der Waals surface area contributed by atoms with Crippen LogP contribution in [0.1, 0.15) is 6.42 Å².